The second-order valence-corrected chi connectivity index (χ2v) is 8.53. The first-order valence-corrected chi connectivity index (χ1v) is 10.3. The zero-order valence-electron chi connectivity index (χ0n) is 18.3. The highest BCUT2D eigenvalue weighted by atomic mass is 16.3. The number of fused-ring (bicyclic) bond motifs is 3. The molecule has 0 aliphatic heterocycles. The number of hydrogen-bond acceptors (Lipinski definition) is 8. The number of nitrogens with one attached hydrogen (secondary N) is 1. The minimum Gasteiger partial charge on any atom is -0.508 e. The van der Waals surface area contributed by atoms with Gasteiger partial charge in [-0.15, -0.1) is 0 Å². The Bertz CT molecular complexity index is 1390. The minimum absolute atomic E-state index is 0.0198. The number of phenols is 2. The number of carbonyl (C=O) groups excluding carboxylic acids is 4. The number of aliphatic hydroxyl groups excluding tert-OH is 1. The summed E-state index contributed by atoms with van der Waals surface area (Å²) in [7, 11) is 0. The van der Waals surface area contributed by atoms with Crippen molar-refractivity contribution in [1.82, 2.24) is 5.32 Å². The van der Waals surface area contributed by atoms with Crippen LogP contribution < -0.4 is 11.1 Å². The Labute approximate surface area is 193 Å². The van der Waals surface area contributed by atoms with Crippen molar-refractivity contribution in [2.45, 2.75) is 31.9 Å². The van der Waals surface area contributed by atoms with Gasteiger partial charge in [0.25, 0.3) is 5.91 Å². The smallest absolute Gasteiger partial charge is 0.255 e. The quantitative estimate of drug-likeness (QED) is 0.279. The van der Waals surface area contributed by atoms with Crippen molar-refractivity contribution < 1.29 is 39.6 Å². The number of primary amides is 1. The fourth-order valence-electron chi connectivity index (χ4n) is 5.00. The summed E-state index contributed by atoms with van der Waals surface area (Å²) in [4.78, 5) is 50.7. The van der Waals surface area contributed by atoms with Crippen LogP contribution in [-0.2, 0) is 20.8 Å². The Morgan fingerprint density at radius 2 is 1.82 bits per heavy atom. The third-order valence-corrected chi connectivity index (χ3v) is 6.80. The molecule has 10 nitrogen and oxygen atoms in total. The zero-order chi connectivity index (χ0) is 25.3. The van der Waals surface area contributed by atoms with E-state index >= 15 is 0 Å². The van der Waals surface area contributed by atoms with Crippen LogP contribution in [-0.4, -0.2) is 55.4 Å². The maximum atomic E-state index is 13.7. The summed E-state index contributed by atoms with van der Waals surface area (Å²) in [6, 6.07) is 1.67. The topological polar surface area (TPSA) is 187 Å². The summed E-state index contributed by atoms with van der Waals surface area (Å²) >= 11 is 0. The molecule has 0 saturated heterocycles. The molecule has 3 atom stereocenters. The number of benzene rings is 2. The van der Waals surface area contributed by atoms with Crippen LogP contribution in [0.5, 0.6) is 11.5 Å². The summed E-state index contributed by atoms with van der Waals surface area (Å²) < 4.78 is 0. The Kier molecular flexibility index (Phi) is 5.02. The van der Waals surface area contributed by atoms with Gasteiger partial charge in [-0.2, -0.15) is 0 Å². The number of aryl methyl sites for hydroxylation is 2. The molecule has 10 heteroatoms. The van der Waals surface area contributed by atoms with Crippen LogP contribution in [0.4, 0.5) is 0 Å². The third-order valence-electron chi connectivity index (χ3n) is 6.80. The number of amides is 2. The summed E-state index contributed by atoms with van der Waals surface area (Å²) in [6.45, 7) is 6.54. The fraction of sp³-hybridized carbons (Fsp3) is 0.250. The van der Waals surface area contributed by atoms with E-state index in [1.807, 2.05) is 0 Å². The van der Waals surface area contributed by atoms with Crippen molar-refractivity contribution in [3.8, 4) is 11.5 Å². The molecule has 0 radical (unpaired) electrons. The number of nitrogens with two attached hydrogens (primary N) is 1. The van der Waals surface area contributed by atoms with E-state index in [1.54, 1.807) is 26.0 Å². The molecule has 0 heterocycles. The molecule has 2 amide bonds. The fourth-order valence-corrected chi connectivity index (χ4v) is 5.00. The first-order chi connectivity index (χ1) is 15.9. The molecule has 2 aromatic rings. The van der Waals surface area contributed by atoms with Crippen LogP contribution in [0.15, 0.2) is 36.1 Å². The summed E-state index contributed by atoms with van der Waals surface area (Å²) in [6.07, 6.45) is 0.619. The van der Waals surface area contributed by atoms with E-state index in [0.29, 0.717) is 16.5 Å². The number of hydrogen-bond donors (Lipinski definition) is 6. The van der Waals surface area contributed by atoms with Gasteiger partial charge in [0.15, 0.2) is 11.4 Å². The van der Waals surface area contributed by atoms with Crippen LogP contribution in [0.2, 0.25) is 0 Å². The molecule has 0 unspecified atom stereocenters. The number of aromatic hydroxyl groups is 2. The second kappa shape index (κ2) is 7.42. The van der Waals surface area contributed by atoms with Crippen molar-refractivity contribution in [3.05, 3.63) is 58.4 Å². The van der Waals surface area contributed by atoms with Gasteiger partial charge >= 0.3 is 0 Å². The lowest BCUT2D eigenvalue weighted by Crippen LogP contribution is -2.65. The maximum absolute atomic E-state index is 13.7. The van der Waals surface area contributed by atoms with Crippen LogP contribution in [0.25, 0.3) is 10.8 Å². The molecule has 0 spiro atoms. The van der Waals surface area contributed by atoms with Crippen LogP contribution in [0.1, 0.15) is 27.0 Å². The lowest BCUT2D eigenvalue weighted by atomic mass is 9.61. The van der Waals surface area contributed by atoms with Gasteiger partial charge < -0.3 is 31.5 Å². The van der Waals surface area contributed by atoms with Crippen LogP contribution in [0, 0.1) is 19.8 Å². The molecule has 0 fully saturated rings. The zero-order valence-corrected chi connectivity index (χ0v) is 18.3. The van der Waals surface area contributed by atoms with Gasteiger partial charge in [0.05, 0.1) is 17.0 Å². The van der Waals surface area contributed by atoms with Gasteiger partial charge in [-0.1, -0.05) is 18.7 Å². The van der Waals surface area contributed by atoms with Crippen LogP contribution in [0.3, 0.4) is 0 Å². The predicted molar refractivity (Wildman–Crippen MR) is 119 cm³/mol. The summed E-state index contributed by atoms with van der Waals surface area (Å²) in [5, 5.41) is 46.6. The Balaban J connectivity index is 2.08. The molecular weight excluding hydrogens is 444 g/mol. The number of aliphatic hydroxyl groups is 2. The summed E-state index contributed by atoms with van der Waals surface area (Å²) in [5.74, 6) is -8.06. The predicted octanol–water partition coefficient (Wildman–Crippen LogP) is 0.505. The standard InChI is InChI=1S/C24H22N2O8/c1-4-13(27)26-17-12-7-11-9(3)10-6-5-8(2)18(28)14(10)19(29)15(11)21(31)24(12,34)22(32)16(20(17)30)23(25)33/h4-6,12,17,28-29,32,34H,1,7H2,2-3H3,(H2,25,33)(H,26,27)/t12-,17+,24-/m0/s1. The molecule has 0 bridgehead atoms. The third kappa shape index (κ3) is 2.78. The lowest BCUT2D eigenvalue weighted by molar-refractivity contribution is -0.132. The normalized spacial score (nSPS) is 24.0. The molecular formula is C24H22N2O8. The monoisotopic (exact) mass is 466 g/mol. The van der Waals surface area contributed by atoms with Crippen molar-refractivity contribution >= 4 is 34.2 Å². The Hall–Kier alpha value is -4.18. The molecule has 176 valence electrons. The van der Waals surface area contributed by atoms with Crippen molar-refractivity contribution in [2.24, 2.45) is 11.7 Å². The van der Waals surface area contributed by atoms with E-state index in [2.05, 4.69) is 11.9 Å². The van der Waals surface area contributed by atoms with Crippen molar-refractivity contribution in [1.29, 1.82) is 0 Å². The van der Waals surface area contributed by atoms with Crippen molar-refractivity contribution in [3.63, 3.8) is 0 Å². The maximum Gasteiger partial charge on any atom is 0.255 e. The van der Waals surface area contributed by atoms with E-state index in [1.165, 1.54) is 0 Å². The minimum atomic E-state index is -2.86. The first kappa shape index (κ1) is 23.0. The van der Waals surface area contributed by atoms with Gasteiger partial charge in [0.1, 0.15) is 22.8 Å². The molecule has 7 N–H and O–H groups in total. The molecule has 34 heavy (non-hydrogen) atoms. The molecule has 4 rings (SSSR count). The van der Waals surface area contributed by atoms with Crippen molar-refractivity contribution in [2.75, 3.05) is 0 Å². The number of phenolic OH excluding ortho intramolecular Hbond substituents is 2. The number of carbonyl (C=O) groups is 4. The highest BCUT2D eigenvalue weighted by molar-refractivity contribution is 6.25. The SMILES string of the molecule is C=CC(=O)N[C@H]1C(=O)C(C(N)=O)=C(O)[C@@]2(O)C(=O)c3c(c(C)c4ccc(C)c(O)c4c3O)C[C@@H]12. The van der Waals surface area contributed by atoms with E-state index in [0.717, 1.165) is 6.08 Å². The van der Waals surface area contributed by atoms with Gasteiger partial charge in [-0.05, 0) is 48.4 Å². The lowest BCUT2D eigenvalue weighted by Gasteiger charge is -2.45. The molecule has 2 aliphatic rings. The van der Waals surface area contributed by atoms with Gasteiger partial charge in [0.2, 0.25) is 11.7 Å². The van der Waals surface area contributed by atoms with Gasteiger partial charge in [-0.25, -0.2) is 0 Å². The summed E-state index contributed by atoms with van der Waals surface area (Å²) in [5.41, 5.74) is 2.16. The molecule has 0 saturated carbocycles. The molecule has 0 aromatic heterocycles. The highest BCUT2D eigenvalue weighted by Gasteiger charge is 2.62. The number of ketones is 2. The molecule has 2 aromatic carbocycles. The number of Topliss-reactive ketones (excluding diaryl/α,β-unsaturated/α-hetero) is 2. The average molecular weight is 466 g/mol. The first-order valence-electron chi connectivity index (χ1n) is 10.3. The highest BCUT2D eigenvalue weighted by Crippen LogP contribution is 2.50. The number of rotatable bonds is 3. The van der Waals surface area contributed by atoms with Gasteiger partial charge in [-0.3, -0.25) is 19.2 Å². The largest absolute Gasteiger partial charge is 0.508 e. The Morgan fingerprint density at radius 3 is 2.41 bits per heavy atom. The van der Waals surface area contributed by atoms with E-state index < -0.39 is 58.0 Å². The second-order valence-electron chi connectivity index (χ2n) is 8.53. The van der Waals surface area contributed by atoms with Crippen LogP contribution >= 0.6 is 0 Å². The van der Waals surface area contributed by atoms with E-state index in [9.17, 15) is 39.6 Å². The van der Waals surface area contributed by atoms with E-state index in [-0.39, 0.29) is 28.7 Å². The average Bonchev–Trinajstić information content (AvgIpc) is 2.78. The van der Waals surface area contributed by atoms with E-state index in [4.69, 9.17) is 5.73 Å². The molecule has 2 aliphatic carbocycles. The Morgan fingerprint density at radius 1 is 1.18 bits per heavy atom. The van der Waals surface area contributed by atoms with Gasteiger partial charge in [0, 0.05) is 5.92 Å².